The molecule has 1 atom stereocenters. The minimum atomic E-state index is 0.166. The fraction of sp³-hybridized carbons (Fsp3) is 0.700. The molecule has 1 aromatic rings. The number of aromatic hydroxyl groups is 1. The molecule has 0 aliphatic carbocycles. The standard InChI is InChI=1S/C10H16N2O/c1-7(2)8-3-4-12-6-10(13)11-9(12)5-8/h6-8,13H,3-5H2,1-2H3. The van der Waals surface area contributed by atoms with Crippen LogP contribution >= 0.6 is 0 Å². The molecule has 3 nitrogen and oxygen atoms in total. The predicted molar refractivity (Wildman–Crippen MR) is 50.5 cm³/mol. The topological polar surface area (TPSA) is 38.0 Å². The van der Waals surface area contributed by atoms with Gasteiger partial charge in [-0.2, -0.15) is 4.98 Å². The number of nitrogens with zero attached hydrogens (tertiary/aromatic N) is 2. The summed E-state index contributed by atoms with van der Waals surface area (Å²) in [6.07, 6.45) is 3.95. The van der Waals surface area contributed by atoms with Crippen LogP contribution in [0.25, 0.3) is 0 Å². The second-order valence-corrected chi connectivity index (χ2v) is 4.21. The molecule has 0 radical (unpaired) electrons. The van der Waals surface area contributed by atoms with Crippen LogP contribution in [0.2, 0.25) is 0 Å². The fourth-order valence-corrected chi connectivity index (χ4v) is 2.01. The Balaban J connectivity index is 2.19. The molecule has 0 fully saturated rings. The Hall–Kier alpha value is -0.990. The molecule has 0 spiro atoms. The summed E-state index contributed by atoms with van der Waals surface area (Å²) in [6.45, 7) is 5.51. The van der Waals surface area contributed by atoms with Crippen molar-refractivity contribution in [1.29, 1.82) is 0 Å². The van der Waals surface area contributed by atoms with Crippen molar-refractivity contribution in [2.24, 2.45) is 11.8 Å². The molecule has 1 unspecified atom stereocenters. The average Bonchev–Trinajstić information content (AvgIpc) is 2.42. The van der Waals surface area contributed by atoms with Gasteiger partial charge in [0.2, 0.25) is 5.88 Å². The molecular weight excluding hydrogens is 164 g/mol. The zero-order valence-electron chi connectivity index (χ0n) is 8.20. The number of hydrogen-bond donors (Lipinski definition) is 1. The van der Waals surface area contributed by atoms with Gasteiger partial charge in [-0.15, -0.1) is 0 Å². The highest BCUT2D eigenvalue weighted by Crippen LogP contribution is 2.27. The van der Waals surface area contributed by atoms with E-state index < -0.39 is 0 Å². The van der Waals surface area contributed by atoms with E-state index in [9.17, 15) is 5.11 Å². The van der Waals surface area contributed by atoms with Gasteiger partial charge in [0.1, 0.15) is 5.82 Å². The zero-order valence-corrected chi connectivity index (χ0v) is 8.20. The maximum atomic E-state index is 9.22. The van der Waals surface area contributed by atoms with Crippen molar-refractivity contribution in [2.45, 2.75) is 33.2 Å². The Morgan fingerprint density at radius 2 is 2.38 bits per heavy atom. The lowest BCUT2D eigenvalue weighted by atomic mass is 9.87. The third-order valence-electron chi connectivity index (χ3n) is 2.97. The Bertz CT molecular complexity index is 304. The monoisotopic (exact) mass is 180 g/mol. The molecule has 0 saturated carbocycles. The van der Waals surface area contributed by atoms with Gasteiger partial charge in [-0.1, -0.05) is 13.8 Å². The zero-order chi connectivity index (χ0) is 9.42. The molecule has 13 heavy (non-hydrogen) atoms. The SMILES string of the molecule is CC(C)C1CCn2cc(O)nc2C1. The highest BCUT2D eigenvalue weighted by molar-refractivity contribution is 5.10. The van der Waals surface area contributed by atoms with Gasteiger partial charge in [0, 0.05) is 13.0 Å². The number of hydrogen-bond acceptors (Lipinski definition) is 2. The summed E-state index contributed by atoms with van der Waals surface area (Å²) in [5.41, 5.74) is 0. The summed E-state index contributed by atoms with van der Waals surface area (Å²) in [7, 11) is 0. The number of aryl methyl sites for hydroxylation is 1. The summed E-state index contributed by atoms with van der Waals surface area (Å²) in [5, 5.41) is 9.22. The van der Waals surface area contributed by atoms with E-state index >= 15 is 0 Å². The van der Waals surface area contributed by atoms with Crippen LogP contribution in [0, 0.1) is 11.8 Å². The van der Waals surface area contributed by atoms with Gasteiger partial charge in [0.25, 0.3) is 0 Å². The van der Waals surface area contributed by atoms with Crippen molar-refractivity contribution in [2.75, 3.05) is 0 Å². The molecule has 0 saturated heterocycles. The summed E-state index contributed by atoms with van der Waals surface area (Å²) in [6, 6.07) is 0. The highest BCUT2D eigenvalue weighted by atomic mass is 16.3. The fourth-order valence-electron chi connectivity index (χ4n) is 2.01. The van der Waals surface area contributed by atoms with Gasteiger partial charge < -0.3 is 9.67 Å². The van der Waals surface area contributed by atoms with Crippen molar-refractivity contribution in [1.82, 2.24) is 9.55 Å². The third-order valence-corrected chi connectivity index (χ3v) is 2.97. The smallest absolute Gasteiger partial charge is 0.229 e. The summed E-state index contributed by atoms with van der Waals surface area (Å²) in [4.78, 5) is 4.10. The van der Waals surface area contributed by atoms with Crippen molar-refractivity contribution >= 4 is 0 Å². The van der Waals surface area contributed by atoms with Crippen LogP contribution in [0.1, 0.15) is 26.1 Å². The van der Waals surface area contributed by atoms with Gasteiger partial charge in [-0.25, -0.2) is 0 Å². The lowest BCUT2D eigenvalue weighted by Crippen LogP contribution is -2.22. The van der Waals surface area contributed by atoms with E-state index in [-0.39, 0.29) is 5.88 Å². The normalized spacial score (nSPS) is 21.9. The molecule has 1 aromatic heterocycles. The van der Waals surface area contributed by atoms with Crippen LogP contribution in [-0.2, 0) is 13.0 Å². The van der Waals surface area contributed by atoms with Crippen LogP contribution in [0.5, 0.6) is 5.88 Å². The lowest BCUT2D eigenvalue weighted by Gasteiger charge is -2.25. The first-order valence-corrected chi connectivity index (χ1v) is 4.92. The molecule has 3 heteroatoms. The molecule has 1 aliphatic heterocycles. The van der Waals surface area contributed by atoms with Crippen LogP contribution < -0.4 is 0 Å². The van der Waals surface area contributed by atoms with E-state index in [4.69, 9.17) is 0 Å². The van der Waals surface area contributed by atoms with E-state index in [2.05, 4.69) is 23.4 Å². The van der Waals surface area contributed by atoms with Crippen molar-refractivity contribution in [3.05, 3.63) is 12.0 Å². The van der Waals surface area contributed by atoms with Gasteiger partial charge in [-0.05, 0) is 18.3 Å². The predicted octanol–water partition coefficient (Wildman–Crippen LogP) is 1.81. The molecule has 2 rings (SSSR count). The first-order valence-electron chi connectivity index (χ1n) is 4.92. The van der Waals surface area contributed by atoms with Crippen LogP contribution in [0.15, 0.2) is 6.20 Å². The molecule has 72 valence electrons. The Kier molecular flexibility index (Phi) is 2.02. The Morgan fingerprint density at radius 3 is 3.08 bits per heavy atom. The van der Waals surface area contributed by atoms with E-state index in [1.165, 1.54) is 6.42 Å². The van der Waals surface area contributed by atoms with Gasteiger partial charge in [0.15, 0.2) is 0 Å². The summed E-state index contributed by atoms with van der Waals surface area (Å²) in [5.74, 6) is 2.66. The van der Waals surface area contributed by atoms with Crippen LogP contribution in [0.4, 0.5) is 0 Å². The summed E-state index contributed by atoms with van der Waals surface area (Å²) < 4.78 is 2.06. The maximum absolute atomic E-state index is 9.22. The second-order valence-electron chi connectivity index (χ2n) is 4.21. The average molecular weight is 180 g/mol. The number of imidazole rings is 1. The molecule has 2 heterocycles. The number of aromatic nitrogens is 2. The summed E-state index contributed by atoms with van der Waals surface area (Å²) >= 11 is 0. The molecule has 0 aromatic carbocycles. The quantitative estimate of drug-likeness (QED) is 0.715. The second kappa shape index (κ2) is 3.05. The Morgan fingerprint density at radius 1 is 1.62 bits per heavy atom. The third kappa shape index (κ3) is 1.55. The van der Waals surface area contributed by atoms with Crippen LogP contribution in [-0.4, -0.2) is 14.7 Å². The highest BCUT2D eigenvalue weighted by Gasteiger charge is 2.22. The first-order chi connectivity index (χ1) is 6.16. The maximum Gasteiger partial charge on any atom is 0.229 e. The number of fused-ring (bicyclic) bond motifs is 1. The van der Waals surface area contributed by atoms with Crippen LogP contribution in [0.3, 0.4) is 0 Å². The van der Waals surface area contributed by atoms with E-state index in [1.807, 2.05) is 0 Å². The number of rotatable bonds is 1. The largest absolute Gasteiger partial charge is 0.492 e. The van der Waals surface area contributed by atoms with Gasteiger partial charge in [-0.3, -0.25) is 0 Å². The molecule has 1 N–H and O–H groups in total. The lowest BCUT2D eigenvalue weighted by molar-refractivity contribution is 0.298. The van der Waals surface area contributed by atoms with Crippen molar-refractivity contribution in [3.8, 4) is 5.88 Å². The van der Waals surface area contributed by atoms with E-state index in [1.54, 1.807) is 6.20 Å². The van der Waals surface area contributed by atoms with Gasteiger partial charge >= 0.3 is 0 Å². The van der Waals surface area contributed by atoms with Crippen molar-refractivity contribution < 1.29 is 5.11 Å². The van der Waals surface area contributed by atoms with E-state index in [0.717, 1.165) is 24.7 Å². The Labute approximate surface area is 78.4 Å². The van der Waals surface area contributed by atoms with Crippen molar-refractivity contribution in [3.63, 3.8) is 0 Å². The van der Waals surface area contributed by atoms with Gasteiger partial charge in [0.05, 0.1) is 6.20 Å². The molecule has 0 amide bonds. The minimum absolute atomic E-state index is 0.166. The molecule has 0 bridgehead atoms. The molecular formula is C10H16N2O. The minimum Gasteiger partial charge on any atom is -0.492 e. The molecule has 1 aliphatic rings. The van der Waals surface area contributed by atoms with E-state index in [0.29, 0.717) is 5.92 Å². The first kappa shape index (κ1) is 8.60.